The van der Waals surface area contributed by atoms with Crippen LogP contribution in [0.3, 0.4) is 0 Å². The molecule has 0 saturated carbocycles. The molecule has 0 bridgehead atoms. The zero-order valence-corrected chi connectivity index (χ0v) is 24.3. The molecule has 3 aromatic carbocycles. The van der Waals surface area contributed by atoms with Crippen molar-refractivity contribution in [2.75, 3.05) is 13.2 Å². The fourth-order valence-corrected chi connectivity index (χ4v) is 5.45. The highest BCUT2D eigenvalue weighted by molar-refractivity contribution is 5.15. The highest BCUT2D eigenvalue weighted by Gasteiger charge is 2.52. The lowest BCUT2D eigenvalue weighted by molar-refractivity contribution is -0.299. The summed E-state index contributed by atoms with van der Waals surface area (Å²) in [5.41, 5.74) is 1.71. The summed E-state index contributed by atoms with van der Waals surface area (Å²) in [6.07, 6.45) is -4.60. The van der Waals surface area contributed by atoms with Gasteiger partial charge in [0, 0.05) is 0 Å². The Kier molecular flexibility index (Phi) is 10.8. The summed E-state index contributed by atoms with van der Waals surface area (Å²) < 4.78 is 37.9. The highest BCUT2D eigenvalue weighted by atomic mass is 16.7. The van der Waals surface area contributed by atoms with Crippen LogP contribution in [0.15, 0.2) is 91.0 Å². The molecule has 2 heterocycles. The summed E-state index contributed by atoms with van der Waals surface area (Å²) in [5, 5.41) is 21.7. The van der Waals surface area contributed by atoms with Gasteiger partial charge in [0.15, 0.2) is 6.29 Å². The first-order valence-corrected chi connectivity index (χ1v) is 14.7. The first-order chi connectivity index (χ1) is 20.5. The summed E-state index contributed by atoms with van der Waals surface area (Å²) in [6.45, 7) is 5.09. The molecule has 8 heteroatoms. The lowest BCUT2D eigenvalue weighted by Gasteiger charge is -2.46. The third kappa shape index (κ3) is 7.64. The van der Waals surface area contributed by atoms with Gasteiger partial charge in [0.25, 0.3) is 0 Å². The molecule has 2 fully saturated rings. The van der Waals surface area contributed by atoms with Gasteiger partial charge in [-0.1, -0.05) is 97.9 Å². The first-order valence-electron chi connectivity index (χ1n) is 14.7. The van der Waals surface area contributed by atoms with Crippen molar-refractivity contribution in [2.24, 2.45) is 0 Å². The van der Waals surface area contributed by atoms with Gasteiger partial charge in [-0.3, -0.25) is 0 Å². The zero-order valence-electron chi connectivity index (χ0n) is 24.3. The summed E-state index contributed by atoms with van der Waals surface area (Å²) in [7, 11) is 0. The van der Waals surface area contributed by atoms with Gasteiger partial charge in [-0.15, -0.1) is 0 Å². The van der Waals surface area contributed by atoms with Crippen LogP contribution < -0.4 is 0 Å². The van der Waals surface area contributed by atoms with Crippen molar-refractivity contribution in [3.63, 3.8) is 0 Å². The maximum Gasteiger partial charge on any atom is 0.187 e. The van der Waals surface area contributed by atoms with Crippen molar-refractivity contribution >= 4 is 0 Å². The van der Waals surface area contributed by atoms with Crippen LogP contribution in [-0.4, -0.2) is 71.9 Å². The molecule has 226 valence electrons. The van der Waals surface area contributed by atoms with Crippen molar-refractivity contribution in [3.05, 3.63) is 108 Å². The average Bonchev–Trinajstić information content (AvgIpc) is 3.31. The quantitative estimate of drug-likeness (QED) is 0.308. The molecule has 8 atom stereocenters. The van der Waals surface area contributed by atoms with E-state index in [0.717, 1.165) is 16.7 Å². The molecule has 8 nitrogen and oxygen atoms in total. The van der Waals surface area contributed by atoms with E-state index in [1.54, 1.807) is 6.92 Å². The minimum atomic E-state index is -1.37. The van der Waals surface area contributed by atoms with Crippen molar-refractivity contribution in [1.29, 1.82) is 0 Å². The van der Waals surface area contributed by atoms with Crippen LogP contribution in [0.25, 0.3) is 0 Å². The number of hydrogen-bond acceptors (Lipinski definition) is 8. The third-order valence-electron chi connectivity index (χ3n) is 8.04. The van der Waals surface area contributed by atoms with E-state index in [0.29, 0.717) is 26.2 Å². The van der Waals surface area contributed by atoms with E-state index in [-0.39, 0.29) is 13.2 Å². The molecule has 2 aliphatic heterocycles. The van der Waals surface area contributed by atoms with Gasteiger partial charge in [-0.25, -0.2) is 0 Å². The van der Waals surface area contributed by atoms with Crippen LogP contribution in [0.5, 0.6) is 0 Å². The molecular formula is C34H42O8. The molecule has 0 spiro atoms. The number of ether oxygens (including phenoxy) is 6. The van der Waals surface area contributed by atoms with E-state index < -0.39 is 48.5 Å². The van der Waals surface area contributed by atoms with Gasteiger partial charge in [0.05, 0.1) is 39.1 Å². The largest absolute Gasteiger partial charge is 0.385 e. The molecule has 0 radical (unpaired) electrons. The van der Waals surface area contributed by atoms with Gasteiger partial charge in [-0.2, -0.15) is 0 Å². The fourth-order valence-electron chi connectivity index (χ4n) is 5.45. The Labute approximate surface area is 248 Å². The number of benzene rings is 3. The molecule has 2 N–H and O–H groups in total. The minimum Gasteiger partial charge on any atom is -0.385 e. The van der Waals surface area contributed by atoms with Crippen LogP contribution >= 0.6 is 0 Å². The molecule has 0 aromatic heterocycles. The maximum absolute atomic E-state index is 10.9. The van der Waals surface area contributed by atoms with Gasteiger partial charge in [-0.05, 0) is 30.0 Å². The second-order valence-electron chi connectivity index (χ2n) is 11.1. The Morgan fingerprint density at radius 3 is 1.81 bits per heavy atom. The van der Waals surface area contributed by atoms with Crippen LogP contribution in [0.1, 0.15) is 37.0 Å². The Bertz CT molecular complexity index is 1200. The van der Waals surface area contributed by atoms with Crippen LogP contribution in [-0.2, 0) is 48.2 Å². The predicted octanol–water partition coefficient (Wildman–Crippen LogP) is 4.40. The van der Waals surface area contributed by atoms with E-state index in [9.17, 15) is 10.2 Å². The summed E-state index contributed by atoms with van der Waals surface area (Å²) >= 11 is 0. The number of hydrogen-bond donors (Lipinski definition) is 2. The molecule has 42 heavy (non-hydrogen) atoms. The van der Waals surface area contributed by atoms with Crippen molar-refractivity contribution in [3.8, 4) is 0 Å². The van der Waals surface area contributed by atoms with E-state index >= 15 is 0 Å². The standard InChI is InChI=1S/C34H42O8/c1-3-34(36)23-40-33(32(34)35)42-29-24(2)41-28(22-37-19-25-13-7-4-8-14-25)30(38-20-26-15-9-5-10-16-26)31(29)39-21-27-17-11-6-12-18-27/h4-18,24,28-33,35-36H,3,19-23H2,1-2H3/t24-,28+,29-,30+,31+,32-,33-,34+/m1/s1. The second-order valence-corrected chi connectivity index (χ2v) is 11.1. The lowest BCUT2D eigenvalue weighted by atomic mass is 9.94. The molecule has 0 unspecified atom stereocenters. The Morgan fingerprint density at radius 2 is 1.29 bits per heavy atom. The smallest absolute Gasteiger partial charge is 0.187 e. The predicted molar refractivity (Wildman–Crippen MR) is 156 cm³/mol. The van der Waals surface area contributed by atoms with E-state index in [4.69, 9.17) is 28.4 Å². The van der Waals surface area contributed by atoms with E-state index in [1.807, 2.05) is 97.9 Å². The molecule has 5 rings (SSSR count). The Hall–Kier alpha value is -2.66. The van der Waals surface area contributed by atoms with Crippen LogP contribution in [0.4, 0.5) is 0 Å². The van der Waals surface area contributed by atoms with Gasteiger partial charge in [0.2, 0.25) is 0 Å². The van der Waals surface area contributed by atoms with Crippen molar-refractivity contribution in [2.45, 2.75) is 88.6 Å². The zero-order chi connectivity index (χ0) is 29.4. The van der Waals surface area contributed by atoms with Gasteiger partial charge < -0.3 is 38.6 Å². The maximum atomic E-state index is 10.9. The number of aliphatic hydroxyl groups is 2. The lowest BCUT2D eigenvalue weighted by Crippen LogP contribution is -2.61. The average molecular weight is 579 g/mol. The second kappa shape index (κ2) is 14.7. The monoisotopic (exact) mass is 578 g/mol. The summed E-state index contributed by atoms with van der Waals surface area (Å²) in [5.74, 6) is 0. The van der Waals surface area contributed by atoms with E-state index in [1.165, 1.54) is 0 Å². The van der Waals surface area contributed by atoms with Crippen molar-refractivity contribution in [1.82, 2.24) is 0 Å². The van der Waals surface area contributed by atoms with Crippen molar-refractivity contribution < 1.29 is 38.6 Å². The molecular weight excluding hydrogens is 536 g/mol. The Morgan fingerprint density at radius 1 is 0.762 bits per heavy atom. The van der Waals surface area contributed by atoms with Crippen LogP contribution in [0, 0.1) is 0 Å². The fraction of sp³-hybridized carbons (Fsp3) is 0.471. The third-order valence-corrected chi connectivity index (χ3v) is 8.04. The summed E-state index contributed by atoms with van der Waals surface area (Å²) in [4.78, 5) is 0. The number of aliphatic hydroxyl groups excluding tert-OH is 1. The Balaban J connectivity index is 1.38. The molecule has 0 aliphatic carbocycles. The topological polar surface area (TPSA) is 95.8 Å². The SMILES string of the molecule is CC[C@]1(O)CO[C@H](O[C@H]2[C@H](OCc3ccccc3)[C@@H](OCc3ccccc3)[C@H](COCc3ccccc3)O[C@@H]2C)[C@H]1O. The van der Waals surface area contributed by atoms with Crippen LogP contribution in [0.2, 0.25) is 0 Å². The van der Waals surface area contributed by atoms with E-state index in [2.05, 4.69) is 0 Å². The molecule has 2 saturated heterocycles. The number of rotatable bonds is 13. The normalized spacial score (nSPS) is 31.3. The molecule has 2 aliphatic rings. The summed E-state index contributed by atoms with van der Waals surface area (Å²) in [6, 6.07) is 29.8. The molecule has 3 aromatic rings. The minimum absolute atomic E-state index is 0.0171. The van der Waals surface area contributed by atoms with Gasteiger partial charge >= 0.3 is 0 Å². The van der Waals surface area contributed by atoms with Gasteiger partial charge in [0.1, 0.15) is 36.1 Å². The first kappa shape index (κ1) is 30.8. The highest BCUT2D eigenvalue weighted by Crippen LogP contribution is 2.35. The molecule has 0 amide bonds.